The summed E-state index contributed by atoms with van der Waals surface area (Å²) in [6.07, 6.45) is 0. The summed E-state index contributed by atoms with van der Waals surface area (Å²) in [4.78, 5) is 12.3. The molecule has 3 aromatic carbocycles. The standard InChI is InChI=1S/C24H26N2O5S2/c1-24(2,3)19-9-13-21(14-10-19)32(28,29)26(17-23(27)18-7-5-4-6-8-18)33(30,31)22-15-11-20(25)12-16-22/h4-16H,17,25H2,1-3H3. The summed E-state index contributed by atoms with van der Waals surface area (Å²) >= 11 is 0. The molecule has 3 aromatic rings. The Bertz CT molecular complexity index is 1340. The molecule has 0 spiro atoms. The maximum atomic E-state index is 13.5. The number of hydrogen-bond acceptors (Lipinski definition) is 6. The molecule has 0 radical (unpaired) electrons. The van der Waals surface area contributed by atoms with Gasteiger partial charge in [-0.25, -0.2) is 16.8 Å². The van der Waals surface area contributed by atoms with Crippen LogP contribution in [0, 0.1) is 0 Å². The molecule has 174 valence electrons. The molecule has 0 saturated heterocycles. The molecule has 0 aromatic heterocycles. The molecule has 0 atom stereocenters. The zero-order valence-electron chi connectivity index (χ0n) is 18.6. The third-order valence-electron chi connectivity index (χ3n) is 5.10. The SMILES string of the molecule is CC(C)(C)c1ccc(S(=O)(=O)N(CC(=O)c2ccccc2)S(=O)(=O)c2ccc(N)cc2)cc1. The molecule has 0 fully saturated rings. The van der Waals surface area contributed by atoms with E-state index >= 15 is 0 Å². The Balaban J connectivity index is 2.11. The molecule has 0 heterocycles. The van der Waals surface area contributed by atoms with E-state index in [2.05, 4.69) is 0 Å². The molecule has 0 aliphatic rings. The van der Waals surface area contributed by atoms with E-state index < -0.39 is 32.4 Å². The van der Waals surface area contributed by atoms with E-state index in [0.717, 1.165) is 5.56 Å². The number of benzene rings is 3. The number of hydrogen-bond donors (Lipinski definition) is 1. The highest BCUT2D eigenvalue weighted by Gasteiger charge is 2.38. The Morgan fingerprint density at radius 1 is 0.758 bits per heavy atom. The van der Waals surface area contributed by atoms with E-state index in [1.54, 1.807) is 30.3 Å². The van der Waals surface area contributed by atoms with Gasteiger partial charge in [0.15, 0.2) is 5.78 Å². The van der Waals surface area contributed by atoms with Crippen molar-refractivity contribution in [3.8, 4) is 0 Å². The number of nitrogens with two attached hydrogens (primary N) is 1. The van der Waals surface area contributed by atoms with Gasteiger partial charge in [0.05, 0.1) is 16.3 Å². The second-order valence-corrected chi connectivity index (χ2v) is 12.5. The zero-order valence-corrected chi connectivity index (χ0v) is 20.2. The number of carbonyl (C=O) groups is 1. The van der Waals surface area contributed by atoms with Crippen molar-refractivity contribution in [2.75, 3.05) is 12.3 Å². The van der Waals surface area contributed by atoms with E-state index in [9.17, 15) is 21.6 Å². The highest BCUT2D eigenvalue weighted by molar-refractivity contribution is 8.04. The third-order valence-corrected chi connectivity index (χ3v) is 9.34. The van der Waals surface area contributed by atoms with Gasteiger partial charge < -0.3 is 5.73 Å². The third kappa shape index (κ3) is 5.32. The van der Waals surface area contributed by atoms with Crippen molar-refractivity contribution in [1.82, 2.24) is 3.71 Å². The molecule has 9 heteroatoms. The van der Waals surface area contributed by atoms with E-state index in [1.165, 1.54) is 48.5 Å². The summed E-state index contributed by atoms with van der Waals surface area (Å²) in [5, 5.41) is 0. The van der Waals surface area contributed by atoms with Crippen molar-refractivity contribution in [1.29, 1.82) is 0 Å². The molecular formula is C24H26N2O5S2. The summed E-state index contributed by atoms with van der Waals surface area (Å²) in [6, 6.07) is 19.1. The van der Waals surface area contributed by atoms with E-state index in [0.29, 0.717) is 5.69 Å². The van der Waals surface area contributed by atoms with E-state index in [1.807, 2.05) is 20.8 Å². The first kappa shape index (κ1) is 24.6. The number of nitrogens with zero attached hydrogens (tertiary/aromatic N) is 1. The van der Waals surface area contributed by atoms with E-state index in [4.69, 9.17) is 5.73 Å². The highest BCUT2D eigenvalue weighted by Crippen LogP contribution is 2.28. The molecule has 0 aliphatic carbocycles. The monoisotopic (exact) mass is 486 g/mol. The number of carbonyl (C=O) groups excluding carboxylic acids is 1. The van der Waals surface area contributed by atoms with Crippen LogP contribution in [0.5, 0.6) is 0 Å². The number of sulfonamides is 2. The topological polar surface area (TPSA) is 115 Å². The second-order valence-electron chi connectivity index (χ2n) is 8.57. The van der Waals surface area contributed by atoms with Gasteiger partial charge in [0.25, 0.3) is 20.0 Å². The van der Waals surface area contributed by atoms with Crippen molar-refractivity contribution in [3.05, 3.63) is 90.0 Å². The summed E-state index contributed by atoms with van der Waals surface area (Å²) in [5.74, 6) is -0.649. The van der Waals surface area contributed by atoms with Crippen molar-refractivity contribution in [2.45, 2.75) is 36.0 Å². The van der Waals surface area contributed by atoms with Crippen LogP contribution in [0.1, 0.15) is 36.7 Å². The van der Waals surface area contributed by atoms with Crippen molar-refractivity contribution in [2.24, 2.45) is 0 Å². The molecule has 7 nitrogen and oxygen atoms in total. The number of anilines is 1. The summed E-state index contributed by atoms with van der Waals surface area (Å²) in [5.41, 5.74) is 6.83. The lowest BCUT2D eigenvalue weighted by molar-refractivity contribution is 0.0982. The Hall–Kier alpha value is -3.01. The quantitative estimate of drug-likeness (QED) is 0.401. The maximum absolute atomic E-state index is 13.5. The van der Waals surface area contributed by atoms with Crippen LogP contribution >= 0.6 is 0 Å². The van der Waals surface area contributed by atoms with Crippen LogP contribution in [0.15, 0.2) is 88.7 Å². The van der Waals surface area contributed by atoms with Gasteiger partial charge in [-0.15, -0.1) is 0 Å². The van der Waals surface area contributed by atoms with Gasteiger partial charge in [0.1, 0.15) is 0 Å². The first-order valence-electron chi connectivity index (χ1n) is 10.2. The number of rotatable bonds is 7. The lowest BCUT2D eigenvalue weighted by atomic mass is 9.87. The molecule has 2 N–H and O–H groups in total. The molecule has 0 bridgehead atoms. The minimum Gasteiger partial charge on any atom is -0.399 e. The van der Waals surface area contributed by atoms with E-state index in [-0.39, 0.29) is 24.5 Å². The lowest BCUT2D eigenvalue weighted by Gasteiger charge is -2.23. The van der Waals surface area contributed by atoms with Crippen LogP contribution in [0.3, 0.4) is 0 Å². The predicted molar refractivity (Wildman–Crippen MR) is 128 cm³/mol. The average molecular weight is 487 g/mol. The molecule has 0 saturated carbocycles. The Morgan fingerprint density at radius 3 is 1.67 bits per heavy atom. The van der Waals surface area contributed by atoms with Gasteiger partial charge in [-0.3, -0.25) is 4.79 Å². The summed E-state index contributed by atoms with van der Waals surface area (Å²) in [6.45, 7) is 5.06. The fraction of sp³-hybridized carbons (Fsp3) is 0.208. The van der Waals surface area contributed by atoms with Crippen LogP contribution < -0.4 is 5.73 Å². The zero-order chi connectivity index (χ0) is 24.4. The van der Waals surface area contributed by atoms with Crippen LogP contribution in [0.4, 0.5) is 5.69 Å². The van der Waals surface area contributed by atoms with Crippen LogP contribution in [-0.4, -0.2) is 32.9 Å². The largest absolute Gasteiger partial charge is 0.399 e. The van der Waals surface area contributed by atoms with Crippen LogP contribution in [0.2, 0.25) is 0 Å². The molecule has 33 heavy (non-hydrogen) atoms. The van der Waals surface area contributed by atoms with Crippen molar-refractivity contribution >= 4 is 31.5 Å². The predicted octanol–water partition coefficient (Wildman–Crippen LogP) is 3.83. The first-order chi connectivity index (χ1) is 15.3. The summed E-state index contributed by atoms with van der Waals surface area (Å²) < 4.78 is 54.1. The fourth-order valence-electron chi connectivity index (χ4n) is 3.13. The smallest absolute Gasteiger partial charge is 0.256 e. The fourth-order valence-corrected chi connectivity index (χ4v) is 6.69. The Morgan fingerprint density at radius 2 is 1.21 bits per heavy atom. The van der Waals surface area contributed by atoms with Crippen LogP contribution in [0.25, 0.3) is 0 Å². The van der Waals surface area contributed by atoms with Crippen molar-refractivity contribution < 1.29 is 21.6 Å². The molecular weight excluding hydrogens is 460 g/mol. The minimum atomic E-state index is -4.60. The Kier molecular flexibility index (Phi) is 6.78. The van der Waals surface area contributed by atoms with Gasteiger partial charge in [-0.2, -0.15) is 0 Å². The summed E-state index contributed by atoms with van der Waals surface area (Å²) in [7, 11) is -9.19. The Labute approximate surface area is 195 Å². The van der Waals surface area contributed by atoms with Gasteiger partial charge in [0.2, 0.25) is 0 Å². The van der Waals surface area contributed by atoms with Gasteiger partial charge >= 0.3 is 0 Å². The lowest BCUT2D eigenvalue weighted by Crippen LogP contribution is -2.40. The maximum Gasteiger partial charge on any atom is 0.256 e. The normalized spacial score (nSPS) is 12.6. The molecule has 3 rings (SSSR count). The molecule has 0 aliphatic heterocycles. The van der Waals surface area contributed by atoms with Crippen molar-refractivity contribution in [3.63, 3.8) is 0 Å². The number of ketones is 1. The number of Topliss-reactive ketones (excluding diaryl/α,β-unsaturated/α-hetero) is 1. The molecule has 0 amide bonds. The van der Waals surface area contributed by atoms with Crippen LogP contribution in [-0.2, 0) is 25.5 Å². The van der Waals surface area contributed by atoms with Gasteiger partial charge in [-0.1, -0.05) is 66.9 Å². The first-order valence-corrected chi connectivity index (χ1v) is 13.0. The second kappa shape index (κ2) is 9.09. The molecule has 0 unspecified atom stereocenters. The minimum absolute atomic E-state index is 0.202. The average Bonchev–Trinajstić information content (AvgIpc) is 2.77. The van der Waals surface area contributed by atoms with Gasteiger partial charge in [0, 0.05) is 11.3 Å². The van der Waals surface area contributed by atoms with Gasteiger partial charge in [-0.05, 0) is 47.4 Å². The number of nitrogen functional groups attached to an aromatic ring is 1. The highest BCUT2D eigenvalue weighted by atomic mass is 32.3.